The van der Waals surface area contributed by atoms with E-state index in [4.69, 9.17) is 9.47 Å². The van der Waals surface area contributed by atoms with Gasteiger partial charge >= 0.3 is 0 Å². The molecule has 0 saturated carbocycles. The van der Waals surface area contributed by atoms with Crippen LogP contribution in [0.3, 0.4) is 0 Å². The van der Waals surface area contributed by atoms with Crippen LogP contribution in [0.1, 0.15) is 11.1 Å². The summed E-state index contributed by atoms with van der Waals surface area (Å²) in [7, 11) is 3.22. The highest BCUT2D eigenvalue weighted by atomic mass is 79.9. The van der Waals surface area contributed by atoms with Gasteiger partial charge in [-0.2, -0.15) is 0 Å². The Balaban J connectivity index is 0.00000220. The predicted molar refractivity (Wildman–Crippen MR) is 86.8 cm³/mol. The van der Waals surface area contributed by atoms with Crippen molar-refractivity contribution in [3.05, 3.63) is 59.4 Å². The van der Waals surface area contributed by atoms with Crippen LogP contribution < -0.4 is 14.8 Å². The fourth-order valence-corrected chi connectivity index (χ4v) is 1.99. The molecule has 2 aromatic rings. The summed E-state index contributed by atoms with van der Waals surface area (Å²) in [5.74, 6) is 1.20. The third-order valence-corrected chi connectivity index (χ3v) is 3.00. The molecule has 0 aromatic heterocycles. The highest BCUT2D eigenvalue weighted by molar-refractivity contribution is 8.93. The monoisotopic (exact) mass is 355 g/mol. The van der Waals surface area contributed by atoms with E-state index in [0.717, 1.165) is 11.1 Å². The first kappa shape index (κ1) is 17.5. The Bertz CT molecular complexity index is 578. The van der Waals surface area contributed by atoms with E-state index in [0.29, 0.717) is 24.6 Å². The largest absolute Gasteiger partial charge is 0.493 e. The number of hydrogen-bond donors (Lipinski definition) is 1. The smallest absolute Gasteiger partial charge is 0.161 e. The molecule has 2 rings (SSSR count). The predicted octanol–water partition coefficient (Wildman–Crippen LogP) is 3.71. The normalized spacial score (nSPS) is 9.86. The van der Waals surface area contributed by atoms with Crippen molar-refractivity contribution in [1.29, 1.82) is 0 Å². The van der Waals surface area contributed by atoms with Gasteiger partial charge in [-0.15, -0.1) is 17.0 Å². The van der Waals surface area contributed by atoms with Crippen LogP contribution in [0.5, 0.6) is 11.5 Å². The van der Waals surface area contributed by atoms with E-state index < -0.39 is 0 Å². The lowest BCUT2D eigenvalue weighted by Gasteiger charge is -2.10. The summed E-state index contributed by atoms with van der Waals surface area (Å²) >= 11 is 0. The molecule has 0 radical (unpaired) electrons. The minimum Gasteiger partial charge on any atom is -0.493 e. The fourth-order valence-electron chi connectivity index (χ4n) is 1.99. The van der Waals surface area contributed by atoms with Gasteiger partial charge in [0.15, 0.2) is 11.5 Å². The fraction of sp³-hybridized carbons (Fsp3) is 0.250. The van der Waals surface area contributed by atoms with Crippen molar-refractivity contribution in [2.45, 2.75) is 13.1 Å². The van der Waals surface area contributed by atoms with Gasteiger partial charge in [-0.25, -0.2) is 4.39 Å². The van der Waals surface area contributed by atoms with Gasteiger partial charge in [0.2, 0.25) is 0 Å². The molecule has 0 spiro atoms. The zero-order valence-electron chi connectivity index (χ0n) is 12.1. The first-order valence-corrected chi connectivity index (χ1v) is 6.39. The van der Waals surface area contributed by atoms with Gasteiger partial charge in [0.05, 0.1) is 14.2 Å². The van der Waals surface area contributed by atoms with Crippen LogP contribution >= 0.6 is 17.0 Å². The first-order valence-electron chi connectivity index (χ1n) is 6.39. The Morgan fingerprint density at radius 2 is 1.57 bits per heavy atom. The molecule has 0 saturated heterocycles. The molecule has 2 aromatic carbocycles. The maximum Gasteiger partial charge on any atom is 0.161 e. The van der Waals surface area contributed by atoms with E-state index in [-0.39, 0.29) is 22.8 Å². The molecule has 0 amide bonds. The lowest BCUT2D eigenvalue weighted by atomic mass is 10.2. The van der Waals surface area contributed by atoms with Crippen molar-refractivity contribution in [1.82, 2.24) is 5.32 Å². The average molecular weight is 356 g/mol. The summed E-state index contributed by atoms with van der Waals surface area (Å²) in [6.45, 7) is 1.29. The van der Waals surface area contributed by atoms with Crippen molar-refractivity contribution < 1.29 is 13.9 Å². The molecule has 5 heteroatoms. The quantitative estimate of drug-likeness (QED) is 0.856. The topological polar surface area (TPSA) is 30.5 Å². The Labute approximate surface area is 134 Å². The molecule has 0 aliphatic carbocycles. The molecule has 1 N–H and O–H groups in total. The summed E-state index contributed by atoms with van der Waals surface area (Å²) in [6.07, 6.45) is 0. The Kier molecular flexibility index (Phi) is 7.19. The van der Waals surface area contributed by atoms with Crippen molar-refractivity contribution in [2.75, 3.05) is 14.2 Å². The maximum atomic E-state index is 13.0. The highest BCUT2D eigenvalue weighted by Crippen LogP contribution is 2.27. The van der Waals surface area contributed by atoms with Gasteiger partial charge < -0.3 is 14.8 Å². The van der Waals surface area contributed by atoms with Crippen LogP contribution in [0.2, 0.25) is 0 Å². The number of rotatable bonds is 6. The van der Waals surface area contributed by atoms with E-state index in [2.05, 4.69) is 5.32 Å². The molecule has 21 heavy (non-hydrogen) atoms. The summed E-state index contributed by atoms with van der Waals surface area (Å²) in [5.41, 5.74) is 2.00. The average Bonchev–Trinajstić information content (AvgIpc) is 2.47. The minimum absolute atomic E-state index is 0. The van der Waals surface area contributed by atoms with Crippen molar-refractivity contribution in [3.63, 3.8) is 0 Å². The van der Waals surface area contributed by atoms with Gasteiger partial charge in [-0.3, -0.25) is 0 Å². The molecule has 0 unspecified atom stereocenters. The molecule has 3 nitrogen and oxygen atoms in total. The highest BCUT2D eigenvalue weighted by Gasteiger charge is 2.04. The van der Waals surface area contributed by atoms with E-state index >= 15 is 0 Å². The van der Waals surface area contributed by atoms with E-state index in [9.17, 15) is 4.39 Å². The molecule has 0 aliphatic rings. The SMILES string of the molecule is Br.COc1ccc(CNCc2cccc(F)c2)cc1OC. The first-order chi connectivity index (χ1) is 9.72. The molecular formula is C16H19BrFNO2. The van der Waals surface area contributed by atoms with Gasteiger partial charge in [0.25, 0.3) is 0 Å². The second kappa shape index (κ2) is 8.64. The van der Waals surface area contributed by atoms with Crippen LogP contribution in [0.25, 0.3) is 0 Å². The van der Waals surface area contributed by atoms with Crippen LogP contribution in [0.15, 0.2) is 42.5 Å². The summed E-state index contributed by atoms with van der Waals surface area (Å²) < 4.78 is 23.5. The zero-order chi connectivity index (χ0) is 14.4. The number of nitrogens with one attached hydrogen (secondary N) is 1. The number of halogens is 2. The molecule has 0 heterocycles. The van der Waals surface area contributed by atoms with Gasteiger partial charge in [0.1, 0.15) is 5.82 Å². The Hall–Kier alpha value is -1.59. The van der Waals surface area contributed by atoms with E-state index in [1.807, 2.05) is 24.3 Å². The Morgan fingerprint density at radius 1 is 0.905 bits per heavy atom. The minimum atomic E-state index is -0.213. The second-order valence-corrected chi connectivity index (χ2v) is 4.42. The van der Waals surface area contributed by atoms with Crippen molar-refractivity contribution in [3.8, 4) is 11.5 Å². The molecule has 114 valence electrons. The summed E-state index contributed by atoms with van der Waals surface area (Å²) in [4.78, 5) is 0. The molecule has 0 bridgehead atoms. The molecule has 0 fully saturated rings. The number of methoxy groups -OCH3 is 2. The molecule has 0 aliphatic heterocycles. The lowest BCUT2D eigenvalue weighted by molar-refractivity contribution is 0.354. The van der Waals surface area contributed by atoms with Crippen LogP contribution in [0, 0.1) is 5.82 Å². The second-order valence-electron chi connectivity index (χ2n) is 4.42. The summed E-state index contributed by atoms with van der Waals surface area (Å²) in [5, 5.41) is 3.27. The molecule has 0 atom stereocenters. The Morgan fingerprint density at radius 3 is 2.19 bits per heavy atom. The van der Waals surface area contributed by atoms with Crippen molar-refractivity contribution >= 4 is 17.0 Å². The molecular weight excluding hydrogens is 337 g/mol. The van der Waals surface area contributed by atoms with Gasteiger partial charge in [0, 0.05) is 13.1 Å². The third kappa shape index (κ3) is 5.02. The maximum absolute atomic E-state index is 13.0. The number of ether oxygens (including phenoxy) is 2. The van der Waals surface area contributed by atoms with Crippen LogP contribution in [-0.4, -0.2) is 14.2 Å². The zero-order valence-corrected chi connectivity index (χ0v) is 13.8. The van der Waals surface area contributed by atoms with Gasteiger partial charge in [-0.1, -0.05) is 18.2 Å². The van der Waals surface area contributed by atoms with E-state index in [1.165, 1.54) is 12.1 Å². The van der Waals surface area contributed by atoms with Crippen LogP contribution in [-0.2, 0) is 13.1 Å². The van der Waals surface area contributed by atoms with Crippen LogP contribution in [0.4, 0.5) is 4.39 Å². The standard InChI is InChI=1S/C16H18FNO2.BrH/c1-19-15-7-6-13(9-16(15)20-2)11-18-10-12-4-3-5-14(17)8-12;/h3-9,18H,10-11H2,1-2H3;1H. The third-order valence-electron chi connectivity index (χ3n) is 3.00. The van der Waals surface area contributed by atoms with Gasteiger partial charge in [-0.05, 0) is 35.4 Å². The van der Waals surface area contributed by atoms with Crippen molar-refractivity contribution in [2.24, 2.45) is 0 Å². The number of hydrogen-bond acceptors (Lipinski definition) is 3. The summed E-state index contributed by atoms with van der Waals surface area (Å²) in [6, 6.07) is 12.3. The van der Waals surface area contributed by atoms with E-state index in [1.54, 1.807) is 20.3 Å². The number of benzene rings is 2. The lowest BCUT2D eigenvalue weighted by Crippen LogP contribution is -2.12.